The fraction of sp³-hybridized carbons (Fsp3) is 0.333. The molecule has 0 atom stereocenters. The average Bonchev–Trinajstić information content (AvgIpc) is 2.95. The molecule has 2 heterocycles. The molecule has 0 bridgehead atoms. The summed E-state index contributed by atoms with van der Waals surface area (Å²) in [4.78, 5) is 18.4. The van der Waals surface area contributed by atoms with Crippen molar-refractivity contribution in [2.45, 2.75) is 25.8 Å². The third-order valence-corrected chi connectivity index (χ3v) is 4.48. The highest BCUT2D eigenvalue weighted by molar-refractivity contribution is 7.11. The van der Waals surface area contributed by atoms with Crippen molar-refractivity contribution in [2.24, 2.45) is 0 Å². The van der Waals surface area contributed by atoms with Crippen LogP contribution >= 0.6 is 34.3 Å². The molecular formula is C12H13ClN2OS2. The minimum Gasteiger partial charge on any atom is -0.351 e. The number of nitrogens with one attached hydrogen (secondary N) is 1. The van der Waals surface area contributed by atoms with E-state index in [9.17, 15) is 4.79 Å². The van der Waals surface area contributed by atoms with E-state index in [1.54, 1.807) is 11.3 Å². The molecule has 0 unspecified atom stereocenters. The highest BCUT2D eigenvalue weighted by atomic mass is 35.5. The van der Waals surface area contributed by atoms with Crippen LogP contribution in [0, 0.1) is 6.92 Å². The molecule has 0 saturated carbocycles. The SMILES string of the molecule is Cc1ccc(CNC(=O)Cc2nc(CCl)cs2)s1. The van der Waals surface area contributed by atoms with Gasteiger partial charge in [0, 0.05) is 15.1 Å². The molecule has 0 spiro atoms. The fourth-order valence-corrected chi connectivity index (χ4v) is 3.31. The lowest BCUT2D eigenvalue weighted by Gasteiger charge is -2.01. The average molecular weight is 301 g/mol. The lowest BCUT2D eigenvalue weighted by atomic mass is 10.4. The maximum absolute atomic E-state index is 11.7. The number of rotatable bonds is 5. The third kappa shape index (κ3) is 3.80. The first kappa shape index (κ1) is 13.5. The van der Waals surface area contributed by atoms with Crippen LogP contribution in [0.4, 0.5) is 0 Å². The van der Waals surface area contributed by atoms with Crippen LogP contribution in [0.5, 0.6) is 0 Å². The quantitative estimate of drug-likeness (QED) is 0.862. The van der Waals surface area contributed by atoms with Crippen molar-refractivity contribution in [3.63, 3.8) is 0 Å². The molecule has 0 aromatic carbocycles. The number of thiophene rings is 1. The van der Waals surface area contributed by atoms with Crippen molar-refractivity contribution in [1.29, 1.82) is 0 Å². The molecular weight excluding hydrogens is 288 g/mol. The van der Waals surface area contributed by atoms with Crippen LogP contribution in [-0.4, -0.2) is 10.9 Å². The van der Waals surface area contributed by atoms with Crippen molar-refractivity contribution in [3.05, 3.63) is 38.0 Å². The Kier molecular flexibility index (Phi) is 4.74. The van der Waals surface area contributed by atoms with Crippen molar-refractivity contribution in [3.8, 4) is 0 Å². The highest BCUT2D eigenvalue weighted by Crippen LogP contribution is 2.15. The number of aryl methyl sites for hydroxylation is 1. The summed E-state index contributed by atoms with van der Waals surface area (Å²) in [7, 11) is 0. The number of amides is 1. The minimum absolute atomic E-state index is 0.00322. The molecule has 6 heteroatoms. The second-order valence-corrected chi connectivity index (χ2v) is 6.41. The molecule has 2 aromatic heterocycles. The van der Waals surface area contributed by atoms with Gasteiger partial charge in [0.05, 0.1) is 24.5 Å². The van der Waals surface area contributed by atoms with Gasteiger partial charge in [-0.05, 0) is 19.1 Å². The van der Waals surface area contributed by atoms with E-state index in [4.69, 9.17) is 11.6 Å². The molecule has 1 N–H and O–H groups in total. The Balaban J connectivity index is 1.81. The second kappa shape index (κ2) is 6.31. The Morgan fingerprint density at radius 3 is 2.94 bits per heavy atom. The number of thiazole rings is 1. The topological polar surface area (TPSA) is 42.0 Å². The summed E-state index contributed by atoms with van der Waals surface area (Å²) in [6.45, 7) is 2.64. The standard InChI is InChI=1S/C12H13ClN2OS2/c1-8-2-3-10(18-8)6-14-11(16)4-12-15-9(5-13)7-17-12/h2-3,7H,4-6H2,1H3,(H,14,16). The maximum Gasteiger partial charge on any atom is 0.227 e. The Bertz CT molecular complexity index is 536. The summed E-state index contributed by atoms with van der Waals surface area (Å²) in [6, 6.07) is 4.09. The zero-order valence-electron chi connectivity index (χ0n) is 9.90. The predicted octanol–water partition coefficient (Wildman–Crippen LogP) is 3.11. The molecule has 0 aliphatic rings. The molecule has 0 aliphatic heterocycles. The number of hydrogen-bond donors (Lipinski definition) is 1. The third-order valence-electron chi connectivity index (χ3n) is 2.30. The Labute approximate surface area is 119 Å². The first-order chi connectivity index (χ1) is 8.67. The first-order valence-electron chi connectivity index (χ1n) is 5.48. The van der Waals surface area contributed by atoms with E-state index >= 15 is 0 Å². The number of carbonyl (C=O) groups excluding carboxylic acids is 1. The van der Waals surface area contributed by atoms with Crippen molar-refractivity contribution >= 4 is 40.2 Å². The van der Waals surface area contributed by atoms with Gasteiger partial charge in [-0.3, -0.25) is 4.79 Å². The summed E-state index contributed by atoms with van der Waals surface area (Å²) in [5, 5.41) is 5.59. The molecule has 0 fully saturated rings. The van der Waals surface area contributed by atoms with E-state index in [0.29, 0.717) is 18.8 Å². The lowest BCUT2D eigenvalue weighted by Crippen LogP contribution is -2.24. The summed E-state index contributed by atoms with van der Waals surface area (Å²) in [5.74, 6) is 0.392. The zero-order valence-corrected chi connectivity index (χ0v) is 12.3. The Hall–Kier alpha value is -0.910. The largest absolute Gasteiger partial charge is 0.351 e. The van der Waals surface area contributed by atoms with Gasteiger partial charge in [-0.25, -0.2) is 4.98 Å². The van der Waals surface area contributed by atoms with Crippen LogP contribution < -0.4 is 5.32 Å². The lowest BCUT2D eigenvalue weighted by molar-refractivity contribution is -0.120. The van der Waals surface area contributed by atoms with E-state index in [2.05, 4.69) is 23.3 Å². The molecule has 18 heavy (non-hydrogen) atoms. The van der Waals surface area contributed by atoms with Gasteiger partial charge < -0.3 is 5.32 Å². The Morgan fingerprint density at radius 2 is 2.33 bits per heavy atom. The fourth-order valence-electron chi connectivity index (χ4n) is 1.46. The van der Waals surface area contributed by atoms with E-state index in [-0.39, 0.29) is 5.91 Å². The van der Waals surface area contributed by atoms with Gasteiger partial charge in [0.25, 0.3) is 0 Å². The monoisotopic (exact) mass is 300 g/mol. The van der Waals surface area contributed by atoms with Gasteiger partial charge >= 0.3 is 0 Å². The van der Waals surface area contributed by atoms with Crippen LogP contribution in [0.25, 0.3) is 0 Å². The van der Waals surface area contributed by atoms with Crippen molar-refractivity contribution in [1.82, 2.24) is 10.3 Å². The molecule has 96 valence electrons. The molecule has 2 aromatic rings. The van der Waals surface area contributed by atoms with Crippen LogP contribution in [-0.2, 0) is 23.6 Å². The summed E-state index contributed by atoms with van der Waals surface area (Å²) < 4.78 is 0. The molecule has 0 radical (unpaired) electrons. The number of hydrogen-bond acceptors (Lipinski definition) is 4. The zero-order chi connectivity index (χ0) is 13.0. The number of alkyl halides is 1. The number of halogens is 1. The van der Waals surface area contributed by atoms with Gasteiger partial charge in [-0.15, -0.1) is 34.3 Å². The van der Waals surface area contributed by atoms with Crippen molar-refractivity contribution in [2.75, 3.05) is 0 Å². The van der Waals surface area contributed by atoms with Crippen molar-refractivity contribution < 1.29 is 4.79 Å². The summed E-state index contributed by atoms with van der Waals surface area (Å²) in [6.07, 6.45) is 0.325. The molecule has 1 amide bonds. The van der Waals surface area contributed by atoms with Crippen LogP contribution in [0.3, 0.4) is 0 Å². The normalized spacial score (nSPS) is 10.6. The molecule has 3 nitrogen and oxygen atoms in total. The number of aromatic nitrogens is 1. The second-order valence-electron chi connectivity index (χ2n) is 3.83. The number of nitrogens with zero attached hydrogens (tertiary/aromatic N) is 1. The van der Waals surface area contributed by atoms with E-state index in [1.807, 2.05) is 11.4 Å². The summed E-state index contributed by atoms with van der Waals surface area (Å²) >= 11 is 8.84. The van der Waals surface area contributed by atoms with E-state index < -0.39 is 0 Å². The smallest absolute Gasteiger partial charge is 0.227 e. The van der Waals surface area contributed by atoms with Crippen LogP contribution in [0.1, 0.15) is 20.5 Å². The van der Waals surface area contributed by atoms with Gasteiger partial charge in [0.1, 0.15) is 5.01 Å². The van der Waals surface area contributed by atoms with Crippen LogP contribution in [0.15, 0.2) is 17.5 Å². The predicted molar refractivity (Wildman–Crippen MR) is 76.3 cm³/mol. The maximum atomic E-state index is 11.7. The molecule has 2 rings (SSSR count). The van der Waals surface area contributed by atoms with Gasteiger partial charge in [-0.1, -0.05) is 0 Å². The minimum atomic E-state index is -0.00322. The number of carbonyl (C=O) groups is 1. The van der Waals surface area contributed by atoms with Gasteiger partial charge in [0.15, 0.2) is 0 Å². The molecule has 0 aliphatic carbocycles. The molecule has 0 saturated heterocycles. The highest BCUT2D eigenvalue weighted by Gasteiger charge is 2.08. The first-order valence-corrected chi connectivity index (χ1v) is 7.71. The van der Waals surface area contributed by atoms with Gasteiger partial charge in [-0.2, -0.15) is 0 Å². The van der Waals surface area contributed by atoms with E-state index in [0.717, 1.165) is 10.7 Å². The Morgan fingerprint density at radius 1 is 1.50 bits per heavy atom. The van der Waals surface area contributed by atoms with E-state index in [1.165, 1.54) is 21.1 Å². The summed E-state index contributed by atoms with van der Waals surface area (Å²) in [5.41, 5.74) is 0.832. The van der Waals surface area contributed by atoms with Crippen LogP contribution in [0.2, 0.25) is 0 Å². The van der Waals surface area contributed by atoms with Gasteiger partial charge in [0.2, 0.25) is 5.91 Å².